The lowest BCUT2D eigenvalue weighted by Crippen LogP contribution is -2.13. The Labute approximate surface area is 145 Å². The van der Waals surface area contributed by atoms with Gasteiger partial charge in [0.15, 0.2) is 0 Å². The number of anilines is 1. The fourth-order valence-electron chi connectivity index (χ4n) is 3.13. The highest BCUT2D eigenvalue weighted by atomic mass is 16.1. The Morgan fingerprint density at radius 3 is 2.33 bits per heavy atom. The first-order valence-electron chi connectivity index (χ1n) is 8.67. The summed E-state index contributed by atoms with van der Waals surface area (Å²) >= 11 is 0. The van der Waals surface area contributed by atoms with Crippen molar-refractivity contribution in [2.45, 2.75) is 60.9 Å². The average Bonchev–Trinajstić information content (AvgIpc) is 2.69. The molecule has 0 aliphatic rings. The number of carbonyl (C=O) groups is 1. The molecular weight excluding hydrogens is 298 g/mol. The van der Waals surface area contributed by atoms with Gasteiger partial charge in [0.05, 0.1) is 5.69 Å². The standard InChI is InChI=1S/C20H29N3O/c1-13(2)12-23-17(6)19(16(5)22-23)7-8-20(24)21-18-10-14(3)9-15(4)11-18/h9-11,13H,7-8,12H2,1-6H3,(H,21,24). The van der Waals surface area contributed by atoms with E-state index in [9.17, 15) is 4.79 Å². The number of carbonyl (C=O) groups excluding carboxylic acids is 1. The van der Waals surface area contributed by atoms with Gasteiger partial charge in [-0.05, 0) is 68.9 Å². The van der Waals surface area contributed by atoms with E-state index in [-0.39, 0.29) is 5.91 Å². The Kier molecular flexibility index (Phi) is 5.81. The van der Waals surface area contributed by atoms with E-state index in [1.165, 1.54) is 11.3 Å². The molecule has 24 heavy (non-hydrogen) atoms. The summed E-state index contributed by atoms with van der Waals surface area (Å²) in [6, 6.07) is 6.11. The number of aromatic nitrogens is 2. The minimum Gasteiger partial charge on any atom is -0.326 e. The summed E-state index contributed by atoms with van der Waals surface area (Å²) in [4.78, 5) is 12.3. The van der Waals surface area contributed by atoms with E-state index in [4.69, 9.17) is 0 Å². The predicted octanol–water partition coefficient (Wildman–Crippen LogP) is 4.34. The second-order valence-electron chi connectivity index (χ2n) is 7.15. The summed E-state index contributed by atoms with van der Waals surface area (Å²) in [6.45, 7) is 13.5. The predicted molar refractivity (Wildman–Crippen MR) is 99.4 cm³/mol. The summed E-state index contributed by atoms with van der Waals surface area (Å²) in [5.74, 6) is 0.610. The highest BCUT2D eigenvalue weighted by Gasteiger charge is 2.14. The highest BCUT2D eigenvalue weighted by Crippen LogP contribution is 2.18. The van der Waals surface area contributed by atoms with Crippen LogP contribution in [0.1, 0.15) is 48.3 Å². The molecule has 2 aromatic rings. The van der Waals surface area contributed by atoms with Gasteiger partial charge in [-0.25, -0.2) is 0 Å². The number of rotatable bonds is 6. The molecule has 130 valence electrons. The van der Waals surface area contributed by atoms with E-state index >= 15 is 0 Å². The van der Waals surface area contributed by atoms with Crippen LogP contribution < -0.4 is 5.32 Å². The second kappa shape index (κ2) is 7.65. The van der Waals surface area contributed by atoms with Gasteiger partial charge < -0.3 is 5.32 Å². The first kappa shape index (κ1) is 18.2. The lowest BCUT2D eigenvalue weighted by Gasteiger charge is -2.09. The maximum Gasteiger partial charge on any atom is 0.224 e. The van der Waals surface area contributed by atoms with Gasteiger partial charge in [0.2, 0.25) is 5.91 Å². The number of hydrogen-bond donors (Lipinski definition) is 1. The molecule has 1 N–H and O–H groups in total. The zero-order valence-corrected chi connectivity index (χ0v) is 15.7. The third-order valence-electron chi connectivity index (χ3n) is 4.18. The third kappa shape index (κ3) is 4.70. The Bertz CT molecular complexity index is 708. The summed E-state index contributed by atoms with van der Waals surface area (Å²) in [7, 11) is 0. The van der Waals surface area contributed by atoms with E-state index in [0.29, 0.717) is 12.3 Å². The van der Waals surface area contributed by atoms with E-state index in [0.717, 1.165) is 35.5 Å². The first-order valence-corrected chi connectivity index (χ1v) is 8.67. The van der Waals surface area contributed by atoms with Crippen LogP contribution in [0, 0.1) is 33.6 Å². The van der Waals surface area contributed by atoms with Gasteiger partial charge in [0, 0.05) is 24.3 Å². The van der Waals surface area contributed by atoms with Gasteiger partial charge in [-0.1, -0.05) is 19.9 Å². The maximum atomic E-state index is 12.3. The molecule has 0 radical (unpaired) electrons. The Balaban J connectivity index is 2.00. The SMILES string of the molecule is Cc1cc(C)cc(NC(=O)CCc2c(C)nn(CC(C)C)c2C)c1. The van der Waals surface area contributed by atoms with Gasteiger partial charge in [0.1, 0.15) is 0 Å². The van der Waals surface area contributed by atoms with Gasteiger partial charge in [-0.15, -0.1) is 0 Å². The molecule has 1 heterocycles. The van der Waals surface area contributed by atoms with Gasteiger partial charge in [-0.3, -0.25) is 9.48 Å². The zero-order valence-electron chi connectivity index (χ0n) is 15.7. The summed E-state index contributed by atoms with van der Waals surface area (Å²) in [5, 5.41) is 7.63. The normalized spacial score (nSPS) is 11.1. The van der Waals surface area contributed by atoms with Crippen LogP contribution in [0.15, 0.2) is 18.2 Å². The molecule has 0 spiro atoms. The van der Waals surface area contributed by atoms with Crippen molar-refractivity contribution in [3.63, 3.8) is 0 Å². The van der Waals surface area contributed by atoms with E-state index in [1.807, 2.05) is 32.9 Å². The van der Waals surface area contributed by atoms with Gasteiger partial charge in [-0.2, -0.15) is 5.10 Å². The van der Waals surface area contributed by atoms with E-state index in [2.05, 4.69) is 41.9 Å². The minimum absolute atomic E-state index is 0.0513. The van der Waals surface area contributed by atoms with Gasteiger partial charge >= 0.3 is 0 Å². The maximum absolute atomic E-state index is 12.3. The number of nitrogens with zero attached hydrogens (tertiary/aromatic N) is 2. The Hall–Kier alpha value is -2.10. The molecule has 0 bridgehead atoms. The zero-order chi connectivity index (χ0) is 17.9. The highest BCUT2D eigenvalue weighted by molar-refractivity contribution is 5.91. The van der Waals surface area contributed by atoms with E-state index < -0.39 is 0 Å². The monoisotopic (exact) mass is 327 g/mol. The van der Waals surface area contributed by atoms with Crippen molar-refractivity contribution in [1.82, 2.24) is 9.78 Å². The van der Waals surface area contributed by atoms with Crippen molar-refractivity contribution in [3.8, 4) is 0 Å². The van der Waals surface area contributed by atoms with Crippen molar-refractivity contribution >= 4 is 11.6 Å². The van der Waals surface area contributed by atoms with Crippen molar-refractivity contribution in [2.24, 2.45) is 5.92 Å². The molecule has 2 rings (SSSR count). The summed E-state index contributed by atoms with van der Waals surface area (Å²) < 4.78 is 2.07. The number of amides is 1. The summed E-state index contributed by atoms with van der Waals surface area (Å²) in [5.41, 5.74) is 6.61. The van der Waals surface area contributed by atoms with Crippen LogP contribution in [-0.4, -0.2) is 15.7 Å². The molecular formula is C20H29N3O. The molecule has 0 aliphatic heterocycles. The van der Waals surface area contributed by atoms with Crippen LogP contribution in [-0.2, 0) is 17.8 Å². The molecule has 1 aromatic carbocycles. The molecule has 0 atom stereocenters. The smallest absolute Gasteiger partial charge is 0.224 e. The van der Waals surface area contributed by atoms with Gasteiger partial charge in [0.25, 0.3) is 0 Å². The Morgan fingerprint density at radius 1 is 1.12 bits per heavy atom. The lowest BCUT2D eigenvalue weighted by molar-refractivity contribution is -0.116. The molecule has 1 amide bonds. The molecule has 0 aliphatic carbocycles. The Morgan fingerprint density at radius 2 is 1.75 bits per heavy atom. The van der Waals surface area contributed by atoms with E-state index in [1.54, 1.807) is 0 Å². The molecule has 4 heteroatoms. The second-order valence-corrected chi connectivity index (χ2v) is 7.15. The average molecular weight is 327 g/mol. The molecule has 0 unspecified atom stereocenters. The number of nitrogens with one attached hydrogen (secondary N) is 1. The van der Waals surface area contributed by atoms with Crippen molar-refractivity contribution < 1.29 is 4.79 Å². The van der Waals surface area contributed by atoms with Crippen LogP contribution in [0.4, 0.5) is 5.69 Å². The molecule has 1 aromatic heterocycles. The quantitative estimate of drug-likeness (QED) is 0.857. The van der Waals surface area contributed by atoms with Crippen LogP contribution in [0.25, 0.3) is 0 Å². The topological polar surface area (TPSA) is 46.9 Å². The number of benzene rings is 1. The van der Waals surface area contributed by atoms with Crippen LogP contribution in [0.3, 0.4) is 0 Å². The third-order valence-corrected chi connectivity index (χ3v) is 4.18. The molecule has 4 nitrogen and oxygen atoms in total. The van der Waals surface area contributed by atoms with Crippen LogP contribution in [0.5, 0.6) is 0 Å². The minimum atomic E-state index is 0.0513. The fourth-order valence-corrected chi connectivity index (χ4v) is 3.13. The van der Waals surface area contributed by atoms with Crippen LogP contribution in [0.2, 0.25) is 0 Å². The summed E-state index contributed by atoms with van der Waals surface area (Å²) in [6.07, 6.45) is 1.20. The molecule has 0 saturated carbocycles. The molecule has 0 saturated heterocycles. The number of hydrogen-bond acceptors (Lipinski definition) is 2. The largest absolute Gasteiger partial charge is 0.326 e. The lowest BCUT2D eigenvalue weighted by atomic mass is 10.1. The number of aryl methyl sites for hydroxylation is 3. The fraction of sp³-hybridized carbons (Fsp3) is 0.500. The van der Waals surface area contributed by atoms with Crippen molar-refractivity contribution in [1.29, 1.82) is 0 Å². The van der Waals surface area contributed by atoms with Crippen LogP contribution >= 0.6 is 0 Å². The van der Waals surface area contributed by atoms with Crippen molar-refractivity contribution in [3.05, 3.63) is 46.3 Å². The first-order chi connectivity index (χ1) is 11.3. The van der Waals surface area contributed by atoms with Crippen molar-refractivity contribution in [2.75, 3.05) is 5.32 Å². The molecule has 0 fully saturated rings.